The summed E-state index contributed by atoms with van der Waals surface area (Å²) in [4.78, 5) is 12.4. The van der Waals surface area contributed by atoms with Gasteiger partial charge in [0.25, 0.3) is 0 Å². The fourth-order valence-corrected chi connectivity index (χ4v) is 2.07. The summed E-state index contributed by atoms with van der Waals surface area (Å²) in [5, 5.41) is 10.8. The summed E-state index contributed by atoms with van der Waals surface area (Å²) in [5.41, 5.74) is 0.880. The smallest absolute Gasteiger partial charge is 0.311 e. The highest BCUT2D eigenvalue weighted by molar-refractivity contribution is 5.59. The molecule has 6 heteroatoms. The fourth-order valence-electron chi connectivity index (χ4n) is 2.07. The van der Waals surface area contributed by atoms with E-state index in [0.29, 0.717) is 12.6 Å². The Kier molecular flexibility index (Phi) is 3.66. The van der Waals surface area contributed by atoms with Crippen LogP contribution in [0, 0.1) is 10.1 Å². The van der Waals surface area contributed by atoms with Crippen LogP contribution in [0.2, 0.25) is 0 Å². The predicted molar refractivity (Wildman–Crippen MR) is 67.3 cm³/mol. The molecule has 0 amide bonds. The largest absolute Gasteiger partial charge is 0.490 e. The van der Waals surface area contributed by atoms with Crippen molar-refractivity contribution < 1.29 is 14.4 Å². The molecule has 98 valence electrons. The van der Waals surface area contributed by atoms with E-state index >= 15 is 0 Å². The number of hydrogen-bond acceptors (Lipinski definition) is 5. The van der Waals surface area contributed by atoms with E-state index in [2.05, 4.69) is 4.90 Å². The highest BCUT2D eigenvalue weighted by Crippen LogP contribution is 2.32. The van der Waals surface area contributed by atoms with Crippen LogP contribution < -0.4 is 9.64 Å². The van der Waals surface area contributed by atoms with E-state index in [9.17, 15) is 10.1 Å². The van der Waals surface area contributed by atoms with Gasteiger partial charge in [-0.15, -0.1) is 0 Å². The van der Waals surface area contributed by atoms with Crippen LogP contribution in [-0.2, 0) is 4.74 Å². The van der Waals surface area contributed by atoms with Crippen molar-refractivity contribution in [2.24, 2.45) is 0 Å². The van der Waals surface area contributed by atoms with Crippen molar-refractivity contribution in [3.8, 4) is 5.75 Å². The molecule has 1 fully saturated rings. The van der Waals surface area contributed by atoms with Crippen LogP contribution in [0.3, 0.4) is 0 Å². The minimum atomic E-state index is -0.443. The molecule has 0 spiro atoms. The first-order valence-corrected chi connectivity index (χ1v) is 5.76. The van der Waals surface area contributed by atoms with Crippen LogP contribution in [0.1, 0.15) is 6.42 Å². The first-order valence-electron chi connectivity index (χ1n) is 5.76. The third-order valence-electron chi connectivity index (χ3n) is 3.22. The second-order valence-electron chi connectivity index (χ2n) is 4.24. The third-order valence-corrected chi connectivity index (χ3v) is 3.22. The van der Waals surface area contributed by atoms with Crippen LogP contribution in [0.5, 0.6) is 5.75 Å². The molecule has 0 aromatic heterocycles. The molecule has 1 aliphatic heterocycles. The molecule has 0 aliphatic carbocycles. The van der Waals surface area contributed by atoms with E-state index in [0.717, 1.165) is 18.7 Å². The zero-order valence-electron chi connectivity index (χ0n) is 10.5. The Morgan fingerprint density at radius 1 is 1.56 bits per heavy atom. The number of hydrogen-bond donors (Lipinski definition) is 0. The van der Waals surface area contributed by atoms with Crippen molar-refractivity contribution in [1.82, 2.24) is 0 Å². The van der Waals surface area contributed by atoms with Gasteiger partial charge in [-0.05, 0) is 12.5 Å². The molecule has 1 unspecified atom stereocenters. The monoisotopic (exact) mass is 252 g/mol. The summed E-state index contributed by atoms with van der Waals surface area (Å²) in [7, 11) is 3.39. The van der Waals surface area contributed by atoms with Gasteiger partial charge in [-0.1, -0.05) is 0 Å². The summed E-state index contributed by atoms with van der Waals surface area (Å²) >= 11 is 0. The lowest BCUT2D eigenvalue weighted by Crippen LogP contribution is -2.31. The van der Waals surface area contributed by atoms with Crippen molar-refractivity contribution in [3.63, 3.8) is 0 Å². The molecular formula is C12H16N2O4. The Morgan fingerprint density at radius 2 is 2.33 bits per heavy atom. The molecule has 1 aromatic rings. The zero-order chi connectivity index (χ0) is 13.1. The maximum atomic E-state index is 10.8. The molecule has 1 saturated heterocycles. The van der Waals surface area contributed by atoms with Crippen LogP contribution in [0.25, 0.3) is 0 Å². The number of likely N-dealkylation sites (N-methyl/N-ethyl adjacent to an activating group) is 1. The van der Waals surface area contributed by atoms with Crippen molar-refractivity contribution in [2.75, 3.05) is 32.3 Å². The molecule has 1 aliphatic rings. The number of nitrogens with zero attached hydrogens (tertiary/aromatic N) is 2. The molecule has 0 radical (unpaired) electrons. The summed E-state index contributed by atoms with van der Waals surface area (Å²) in [6.07, 6.45) is 0.968. The number of nitro groups is 1. The topological polar surface area (TPSA) is 64.8 Å². The van der Waals surface area contributed by atoms with E-state index in [-0.39, 0.29) is 11.4 Å². The Labute approximate surface area is 105 Å². The predicted octanol–water partition coefficient (Wildman–Crippen LogP) is 1.83. The Balaban J connectivity index is 2.26. The molecule has 6 nitrogen and oxygen atoms in total. The number of nitro benzene ring substituents is 1. The number of ether oxygens (including phenoxy) is 2. The minimum absolute atomic E-state index is 0.0164. The maximum absolute atomic E-state index is 10.8. The number of methoxy groups -OCH3 is 1. The molecule has 0 N–H and O–H groups in total. The van der Waals surface area contributed by atoms with Crippen molar-refractivity contribution in [2.45, 2.75) is 12.5 Å². The third kappa shape index (κ3) is 2.38. The van der Waals surface area contributed by atoms with Crippen molar-refractivity contribution in [3.05, 3.63) is 28.3 Å². The Hall–Kier alpha value is -1.82. The first-order chi connectivity index (χ1) is 8.63. The van der Waals surface area contributed by atoms with Gasteiger partial charge in [-0.3, -0.25) is 10.1 Å². The number of rotatable bonds is 4. The summed E-state index contributed by atoms with van der Waals surface area (Å²) < 4.78 is 10.4. The SMILES string of the molecule is COc1cc(N(C)C2CCOC2)ccc1[N+](=O)[O-]. The van der Waals surface area contributed by atoms with Crippen LogP contribution in [-0.4, -0.2) is 38.3 Å². The van der Waals surface area contributed by atoms with Crippen molar-refractivity contribution >= 4 is 11.4 Å². The molecular weight excluding hydrogens is 236 g/mol. The maximum Gasteiger partial charge on any atom is 0.311 e. The normalized spacial score (nSPS) is 18.7. The van der Waals surface area contributed by atoms with E-state index in [1.807, 2.05) is 7.05 Å². The quantitative estimate of drug-likeness (QED) is 0.604. The van der Waals surface area contributed by atoms with Gasteiger partial charge in [0.2, 0.25) is 0 Å². The number of anilines is 1. The van der Waals surface area contributed by atoms with Gasteiger partial charge in [0.15, 0.2) is 5.75 Å². The average molecular weight is 252 g/mol. The summed E-state index contributed by atoms with van der Waals surface area (Å²) in [6.45, 7) is 1.45. The van der Waals surface area contributed by atoms with Gasteiger partial charge >= 0.3 is 5.69 Å². The molecule has 1 atom stereocenters. The lowest BCUT2D eigenvalue weighted by atomic mass is 10.2. The highest BCUT2D eigenvalue weighted by atomic mass is 16.6. The lowest BCUT2D eigenvalue weighted by molar-refractivity contribution is -0.385. The van der Waals surface area contributed by atoms with E-state index in [1.54, 1.807) is 12.1 Å². The molecule has 2 rings (SSSR count). The van der Waals surface area contributed by atoms with Crippen LogP contribution in [0.4, 0.5) is 11.4 Å². The first kappa shape index (κ1) is 12.6. The van der Waals surface area contributed by atoms with Gasteiger partial charge in [-0.25, -0.2) is 0 Å². The molecule has 0 bridgehead atoms. The van der Waals surface area contributed by atoms with Gasteiger partial charge in [0, 0.05) is 31.5 Å². The van der Waals surface area contributed by atoms with Crippen LogP contribution >= 0.6 is 0 Å². The summed E-state index contributed by atoms with van der Waals surface area (Å²) in [6, 6.07) is 5.21. The average Bonchev–Trinajstić information content (AvgIpc) is 2.90. The van der Waals surface area contributed by atoms with E-state index in [1.165, 1.54) is 13.2 Å². The van der Waals surface area contributed by atoms with Gasteiger partial charge < -0.3 is 14.4 Å². The van der Waals surface area contributed by atoms with E-state index in [4.69, 9.17) is 9.47 Å². The van der Waals surface area contributed by atoms with Crippen LogP contribution in [0.15, 0.2) is 18.2 Å². The van der Waals surface area contributed by atoms with Gasteiger partial charge in [-0.2, -0.15) is 0 Å². The van der Waals surface area contributed by atoms with Crippen molar-refractivity contribution in [1.29, 1.82) is 0 Å². The molecule has 1 heterocycles. The second kappa shape index (κ2) is 5.22. The Morgan fingerprint density at radius 3 is 2.89 bits per heavy atom. The molecule has 0 saturated carbocycles. The molecule has 1 aromatic carbocycles. The second-order valence-corrected chi connectivity index (χ2v) is 4.24. The minimum Gasteiger partial charge on any atom is -0.490 e. The number of benzene rings is 1. The summed E-state index contributed by atoms with van der Waals surface area (Å²) in [5.74, 6) is 0.281. The molecule has 18 heavy (non-hydrogen) atoms. The standard InChI is InChI=1S/C12H16N2O4/c1-13(10-5-6-18-8-10)9-3-4-11(14(15)16)12(7-9)17-2/h3-4,7,10H,5-6,8H2,1-2H3. The zero-order valence-corrected chi connectivity index (χ0v) is 10.5. The van der Waals surface area contributed by atoms with Gasteiger partial charge in [0.1, 0.15) is 0 Å². The highest BCUT2D eigenvalue weighted by Gasteiger charge is 2.22. The van der Waals surface area contributed by atoms with E-state index < -0.39 is 4.92 Å². The lowest BCUT2D eigenvalue weighted by Gasteiger charge is -2.25. The van der Waals surface area contributed by atoms with Gasteiger partial charge in [0.05, 0.1) is 24.7 Å². The fraction of sp³-hybridized carbons (Fsp3) is 0.500. The Bertz CT molecular complexity index is 444.